The predicted octanol–water partition coefficient (Wildman–Crippen LogP) is 4.76. The second kappa shape index (κ2) is 7.98. The molecule has 1 unspecified atom stereocenters. The van der Waals surface area contributed by atoms with Crippen LogP contribution in [0, 0.1) is 25.7 Å². The average Bonchev–Trinajstić information content (AvgIpc) is 2.69. The van der Waals surface area contributed by atoms with Gasteiger partial charge >= 0.3 is 0 Å². The van der Waals surface area contributed by atoms with E-state index >= 15 is 0 Å². The Morgan fingerprint density at radius 3 is 2.33 bits per heavy atom. The monoisotopic (exact) mass is 401 g/mol. The Balaban J connectivity index is 1.78. The fourth-order valence-corrected chi connectivity index (χ4v) is 4.54. The molecule has 1 aliphatic carbocycles. The van der Waals surface area contributed by atoms with Crippen molar-refractivity contribution in [1.29, 1.82) is 0 Å². The van der Waals surface area contributed by atoms with Crippen molar-refractivity contribution in [1.82, 2.24) is 4.98 Å². The first-order valence-electron chi connectivity index (χ1n) is 10.4. The number of rotatable bonds is 3. The lowest BCUT2D eigenvalue weighted by Crippen LogP contribution is -2.41. The van der Waals surface area contributed by atoms with E-state index in [0.29, 0.717) is 23.5 Å². The van der Waals surface area contributed by atoms with Gasteiger partial charge in [0, 0.05) is 35.5 Å². The van der Waals surface area contributed by atoms with Crippen LogP contribution in [0.5, 0.6) is 0 Å². The first-order chi connectivity index (χ1) is 14.3. The number of aryl methyl sites for hydroxylation is 2. The Hall–Kier alpha value is -3.08. The number of hydrogen-bond acceptors (Lipinski definition) is 4. The molecule has 0 radical (unpaired) electrons. The van der Waals surface area contributed by atoms with Crippen LogP contribution in [0.3, 0.4) is 0 Å². The second-order valence-corrected chi connectivity index (χ2v) is 8.62. The molecule has 1 aromatic carbocycles. The van der Waals surface area contributed by atoms with Gasteiger partial charge < -0.3 is 5.32 Å². The van der Waals surface area contributed by atoms with Gasteiger partial charge in [-0.25, -0.2) is 4.98 Å². The molecule has 1 aromatic heterocycles. The Bertz CT molecular complexity index is 1050. The van der Waals surface area contributed by atoms with E-state index in [9.17, 15) is 9.59 Å². The van der Waals surface area contributed by atoms with Crippen molar-refractivity contribution in [3.8, 4) is 0 Å². The molecule has 154 valence electrons. The molecule has 2 aliphatic rings. The summed E-state index contributed by atoms with van der Waals surface area (Å²) >= 11 is 0. The Labute approximate surface area is 177 Å². The minimum Gasteiger partial charge on any atom is -0.307 e. The number of carbonyl (C=O) groups excluding carboxylic acids is 2. The van der Waals surface area contributed by atoms with Gasteiger partial charge in [0.15, 0.2) is 0 Å². The second-order valence-electron chi connectivity index (χ2n) is 8.62. The summed E-state index contributed by atoms with van der Waals surface area (Å²) < 4.78 is 0. The highest BCUT2D eigenvalue weighted by atomic mass is 16.2. The zero-order valence-electron chi connectivity index (χ0n) is 17.9. The van der Waals surface area contributed by atoms with Gasteiger partial charge in [0.1, 0.15) is 11.6 Å². The van der Waals surface area contributed by atoms with E-state index in [2.05, 4.69) is 17.2 Å². The van der Waals surface area contributed by atoms with Crippen LogP contribution in [0.2, 0.25) is 0 Å². The minimum absolute atomic E-state index is 0.171. The average molecular weight is 402 g/mol. The fourth-order valence-electron chi connectivity index (χ4n) is 4.54. The van der Waals surface area contributed by atoms with Crippen molar-refractivity contribution >= 4 is 23.2 Å². The molecule has 0 spiro atoms. The summed E-state index contributed by atoms with van der Waals surface area (Å²) in [6.45, 7) is 7.93. The molecular formula is C25H27N3O2. The number of anilines is 1. The van der Waals surface area contributed by atoms with E-state index in [1.165, 1.54) is 0 Å². The Kier molecular flexibility index (Phi) is 5.37. The highest BCUT2D eigenvalue weighted by Crippen LogP contribution is 2.44. The van der Waals surface area contributed by atoms with Crippen molar-refractivity contribution in [2.45, 2.75) is 46.5 Å². The summed E-state index contributed by atoms with van der Waals surface area (Å²) in [4.78, 5) is 35.5. The van der Waals surface area contributed by atoms with Crippen LogP contribution in [-0.4, -0.2) is 22.4 Å². The fraction of sp³-hybridized carbons (Fsp3) is 0.360. The Morgan fingerprint density at radius 2 is 1.67 bits per heavy atom. The third-order valence-corrected chi connectivity index (χ3v) is 5.99. The summed E-state index contributed by atoms with van der Waals surface area (Å²) in [5.41, 5.74) is 5.28. The first kappa shape index (κ1) is 20.2. The van der Waals surface area contributed by atoms with Crippen molar-refractivity contribution in [2.24, 2.45) is 16.8 Å². The number of aromatic nitrogens is 1. The summed E-state index contributed by atoms with van der Waals surface area (Å²) in [7, 11) is 0. The van der Waals surface area contributed by atoms with Crippen LogP contribution in [0.15, 0.2) is 58.9 Å². The largest absolute Gasteiger partial charge is 0.307 e. The van der Waals surface area contributed by atoms with E-state index in [0.717, 1.165) is 28.8 Å². The molecule has 1 aliphatic heterocycles. The molecule has 30 heavy (non-hydrogen) atoms. The van der Waals surface area contributed by atoms with Crippen LogP contribution in [0.4, 0.5) is 5.82 Å². The van der Waals surface area contributed by atoms with Gasteiger partial charge in [-0.3, -0.25) is 14.6 Å². The SMILES string of the molecule is CC1=C(C(=O)Nc2ccc(C)cn2)[C@@H](c2ccc(C)cc2)C2C(=O)C[C@@H](C)CC2=N1. The molecule has 1 fully saturated rings. The Morgan fingerprint density at radius 1 is 0.967 bits per heavy atom. The van der Waals surface area contributed by atoms with Crippen LogP contribution >= 0.6 is 0 Å². The van der Waals surface area contributed by atoms with Gasteiger partial charge in [-0.1, -0.05) is 42.8 Å². The quantitative estimate of drug-likeness (QED) is 0.806. The minimum atomic E-state index is -0.376. The maximum Gasteiger partial charge on any atom is 0.255 e. The third-order valence-electron chi connectivity index (χ3n) is 5.99. The summed E-state index contributed by atoms with van der Waals surface area (Å²) in [6, 6.07) is 11.8. The molecule has 2 aromatic rings. The summed E-state index contributed by atoms with van der Waals surface area (Å²) in [6.07, 6.45) is 3.04. The van der Waals surface area contributed by atoms with Gasteiger partial charge in [-0.15, -0.1) is 0 Å². The van der Waals surface area contributed by atoms with Gasteiger partial charge in [0.25, 0.3) is 5.91 Å². The molecule has 2 heterocycles. The number of nitrogens with one attached hydrogen (secondary N) is 1. The van der Waals surface area contributed by atoms with E-state index in [1.54, 1.807) is 12.3 Å². The molecule has 4 rings (SSSR count). The number of amides is 1. The molecule has 1 saturated carbocycles. The number of carbonyl (C=O) groups is 2. The number of hydrogen-bond donors (Lipinski definition) is 1. The summed E-state index contributed by atoms with van der Waals surface area (Å²) in [5, 5.41) is 2.91. The maximum atomic E-state index is 13.4. The van der Waals surface area contributed by atoms with Crippen LogP contribution in [-0.2, 0) is 9.59 Å². The van der Waals surface area contributed by atoms with Crippen LogP contribution in [0.25, 0.3) is 0 Å². The number of allylic oxidation sites excluding steroid dienone is 1. The van der Waals surface area contributed by atoms with Crippen molar-refractivity contribution in [3.63, 3.8) is 0 Å². The highest BCUT2D eigenvalue weighted by Gasteiger charge is 2.44. The molecular weight excluding hydrogens is 374 g/mol. The molecule has 5 nitrogen and oxygen atoms in total. The van der Waals surface area contributed by atoms with E-state index in [-0.39, 0.29) is 29.4 Å². The zero-order chi connectivity index (χ0) is 21.4. The van der Waals surface area contributed by atoms with E-state index < -0.39 is 0 Å². The van der Waals surface area contributed by atoms with Crippen molar-refractivity contribution < 1.29 is 9.59 Å². The van der Waals surface area contributed by atoms with Gasteiger partial charge in [0.05, 0.1) is 5.92 Å². The lowest BCUT2D eigenvalue weighted by Gasteiger charge is -2.37. The van der Waals surface area contributed by atoms with Gasteiger partial charge in [-0.05, 0) is 50.3 Å². The van der Waals surface area contributed by atoms with Crippen molar-refractivity contribution in [3.05, 3.63) is 70.6 Å². The maximum absolute atomic E-state index is 13.4. The smallest absolute Gasteiger partial charge is 0.255 e. The van der Waals surface area contributed by atoms with Gasteiger partial charge in [0.2, 0.25) is 0 Å². The molecule has 5 heteroatoms. The molecule has 1 N–H and O–H groups in total. The number of Topliss-reactive ketones (excluding diaryl/α,β-unsaturated/α-hetero) is 1. The molecule has 3 atom stereocenters. The van der Waals surface area contributed by atoms with Crippen LogP contribution in [0.1, 0.15) is 49.3 Å². The molecule has 1 amide bonds. The number of benzene rings is 1. The lowest BCUT2D eigenvalue weighted by molar-refractivity contribution is -0.123. The lowest BCUT2D eigenvalue weighted by atomic mass is 9.67. The number of ketones is 1. The van der Waals surface area contributed by atoms with E-state index in [1.807, 2.05) is 51.1 Å². The summed E-state index contributed by atoms with van der Waals surface area (Å²) in [5.74, 6) is -0.00565. The number of aliphatic imine (C=N–C) groups is 1. The van der Waals surface area contributed by atoms with Gasteiger partial charge in [-0.2, -0.15) is 0 Å². The number of nitrogens with zero attached hydrogens (tertiary/aromatic N) is 2. The van der Waals surface area contributed by atoms with E-state index in [4.69, 9.17) is 4.99 Å². The normalized spacial score (nSPS) is 23.7. The predicted molar refractivity (Wildman–Crippen MR) is 119 cm³/mol. The third kappa shape index (κ3) is 3.84. The highest BCUT2D eigenvalue weighted by molar-refractivity contribution is 6.14. The topological polar surface area (TPSA) is 71.4 Å². The van der Waals surface area contributed by atoms with Crippen LogP contribution < -0.4 is 5.32 Å². The molecule has 0 saturated heterocycles. The standard InChI is InChI=1S/C25H27N3O2/c1-14-5-8-18(9-6-14)23-22(25(30)28-21-10-7-15(2)13-26-21)17(4)27-19-11-16(3)12-20(29)24(19)23/h5-10,13,16,23-24H,11-12H2,1-4H3,(H,26,28,30)/t16-,23+,24?/m0/s1. The molecule has 0 bridgehead atoms. The number of pyridine rings is 1. The van der Waals surface area contributed by atoms with Crippen molar-refractivity contribution in [2.75, 3.05) is 5.32 Å². The number of fused-ring (bicyclic) bond motifs is 1. The zero-order valence-corrected chi connectivity index (χ0v) is 17.9. The first-order valence-corrected chi connectivity index (χ1v) is 10.4.